The Labute approximate surface area is 93.8 Å². The molecule has 1 aromatic rings. The molecule has 0 saturated heterocycles. The summed E-state index contributed by atoms with van der Waals surface area (Å²) in [5.41, 5.74) is 5.91. The minimum Gasteiger partial charge on any atom is -0.337 e. The van der Waals surface area contributed by atoms with E-state index in [0.29, 0.717) is 4.83 Å². The molecule has 0 radical (unpaired) electrons. The highest BCUT2D eigenvalue weighted by Crippen LogP contribution is 2.14. The van der Waals surface area contributed by atoms with Gasteiger partial charge in [0.05, 0.1) is 6.33 Å². The van der Waals surface area contributed by atoms with Gasteiger partial charge in [-0.2, -0.15) is 0 Å². The van der Waals surface area contributed by atoms with E-state index in [1.807, 2.05) is 18.7 Å². The van der Waals surface area contributed by atoms with E-state index in [1.165, 1.54) is 0 Å². The molecule has 1 rings (SSSR count). The zero-order valence-electron chi connectivity index (χ0n) is 8.56. The van der Waals surface area contributed by atoms with Crippen molar-refractivity contribution < 1.29 is 0 Å². The Morgan fingerprint density at radius 1 is 1.57 bits per heavy atom. The van der Waals surface area contributed by atoms with Crippen molar-refractivity contribution in [2.24, 2.45) is 5.73 Å². The van der Waals surface area contributed by atoms with Crippen molar-refractivity contribution in [3.8, 4) is 0 Å². The fourth-order valence-corrected chi connectivity index (χ4v) is 2.06. The van der Waals surface area contributed by atoms with Gasteiger partial charge in [0.25, 0.3) is 0 Å². The van der Waals surface area contributed by atoms with Gasteiger partial charge in [0.15, 0.2) is 0 Å². The number of rotatable bonds is 6. The molecule has 2 atom stereocenters. The van der Waals surface area contributed by atoms with E-state index >= 15 is 0 Å². The standard InChI is InChI=1S/C10H18BrN3/c1-2-10(12)9(11)4-3-6-14-7-5-13-8-14/h5,7-10H,2-4,6,12H2,1H3. The lowest BCUT2D eigenvalue weighted by Crippen LogP contribution is -2.29. The number of aromatic nitrogens is 2. The average Bonchev–Trinajstić information content (AvgIpc) is 2.69. The van der Waals surface area contributed by atoms with Crippen molar-refractivity contribution in [2.75, 3.05) is 0 Å². The predicted octanol–water partition coefficient (Wildman–Crippen LogP) is 2.16. The smallest absolute Gasteiger partial charge is 0.0945 e. The molecule has 2 N–H and O–H groups in total. The van der Waals surface area contributed by atoms with Crippen molar-refractivity contribution in [1.29, 1.82) is 0 Å². The second-order valence-corrected chi connectivity index (χ2v) is 4.71. The van der Waals surface area contributed by atoms with Crippen LogP contribution in [0.1, 0.15) is 26.2 Å². The summed E-state index contributed by atoms with van der Waals surface area (Å²) in [6.45, 7) is 3.15. The van der Waals surface area contributed by atoms with Crippen LogP contribution < -0.4 is 5.73 Å². The molecule has 0 aliphatic rings. The highest BCUT2D eigenvalue weighted by molar-refractivity contribution is 9.09. The van der Waals surface area contributed by atoms with Gasteiger partial charge >= 0.3 is 0 Å². The molecule has 0 fully saturated rings. The molecule has 2 unspecified atom stereocenters. The molecule has 0 aromatic carbocycles. The van der Waals surface area contributed by atoms with Gasteiger partial charge in [0, 0.05) is 29.8 Å². The fourth-order valence-electron chi connectivity index (χ4n) is 1.36. The van der Waals surface area contributed by atoms with Crippen molar-refractivity contribution in [2.45, 2.75) is 43.6 Å². The van der Waals surface area contributed by atoms with Crippen LogP contribution in [0.25, 0.3) is 0 Å². The lowest BCUT2D eigenvalue weighted by atomic mass is 10.1. The monoisotopic (exact) mass is 259 g/mol. The minimum absolute atomic E-state index is 0.276. The maximum atomic E-state index is 5.91. The number of halogens is 1. The van der Waals surface area contributed by atoms with Crippen LogP contribution in [0.2, 0.25) is 0 Å². The molecule has 0 aliphatic heterocycles. The van der Waals surface area contributed by atoms with Gasteiger partial charge < -0.3 is 10.3 Å². The number of hydrogen-bond acceptors (Lipinski definition) is 2. The van der Waals surface area contributed by atoms with Crippen LogP contribution in [-0.4, -0.2) is 20.4 Å². The molecular formula is C10H18BrN3. The topological polar surface area (TPSA) is 43.8 Å². The third-order valence-corrected chi connectivity index (χ3v) is 3.53. The van der Waals surface area contributed by atoms with E-state index in [2.05, 4.69) is 32.4 Å². The van der Waals surface area contributed by atoms with Crippen LogP contribution in [0.5, 0.6) is 0 Å². The maximum absolute atomic E-state index is 5.91. The normalized spacial score (nSPS) is 15.4. The third kappa shape index (κ3) is 3.80. The summed E-state index contributed by atoms with van der Waals surface area (Å²) in [6.07, 6.45) is 8.93. The Morgan fingerprint density at radius 3 is 2.93 bits per heavy atom. The first kappa shape index (κ1) is 11.7. The highest BCUT2D eigenvalue weighted by Gasteiger charge is 2.11. The molecule has 1 heterocycles. The van der Waals surface area contributed by atoms with Crippen LogP contribution in [0, 0.1) is 0 Å². The Balaban J connectivity index is 2.15. The molecule has 0 aliphatic carbocycles. The highest BCUT2D eigenvalue weighted by atomic mass is 79.9. The largest absolute Gasteiger partial charge is 0.337 e. The average molecular weight is 260 g/mol. The first-order valence-electron chi connectivity index (χ1n) is 5.09. The fraction of sp³-hybridized carbons (Fsp3) is 0.700. The van der Waals surface area contributed by atoms with Crippen molar-refractivity contribution in [3.63, 3.8) is 0 Å². The predicted molar refractivity (Wildman–Crippen MR) is 62.4 cm³/mol. The SMILES string of the molecule is CCC(N)C(Br)CCCn1ccnc1. The van der Waals surface area contributed by atoms with E-state index in [4.69, 9.17) is 5.73 Å². The van der Waals surface area contributed by atoms with Crippen molar-refractivity contribution in [1.82, 2.24) is 9.55 Å². The quantitative estimate of drug-likeness (QED) is 0.796. The summed E-state index contributed by atoms with van der Waals surface area (Å²) in [5, 5.41) is 0. The Morgan fingerprint density at radius 2 is 2.36 bits per heavy atom. The first-order chi connectivity index (χ1) is 6.74. The van der Waals surface area contributed by atoms with E-state index in [0.717, 1.165) is 25.8 Å². The summed E-state index contributed by atoms with van der Waals surface area (Å²) in [7, 11) is 0. The van der Waals surface area contributed by atoms with Gasteiger partial charge in [0.2, 0.25) is 0 Å². The summed E-state index contributed by atoms with van der Waals surface area (Å²) < 4.78 is 2.09. The van der Waals surface area contributed by atoms with Gasteiger partial charge in [-0.3, -0.25) is 0 Å². The first-order valence-corrected chi connectivity index (χ1v) is 6.01. The van der Waals surface area contributed by atoms with Gasteiger partial charge in [-0.05, 0) is 19.3 Å². The van der Waals surface area contributed by atoms with Crippen LogP contribution in [-0.2, 0) is 6.54 Å². The van der Waals surface area contributed by atoms with Crippen LogP contribution in [0.3, 0.4) is 0 Å². The van der Waals surface area contributed by atoms with Crippen LogP contribution in [0.15, 0.2) is 18.7 Å². The summed E-state index contributed by atoms with van der Waals surface area (Å²) >= 11 is 3.62. The molecule has 3 nitrogen and oxygen atoms in total. The lowest BCUT2D eigenvalue weighted by Gasteiger charge is -2.16. The molecule has 0 saturated carbocycles. The summed E-state index contributed by atoms with van der Waals surface area (Å²) in [5.74, 6) is 0. The van der Waals surface area contributed by atoms with Gasteiger partial charge in [-0.25, -0.2) is 4.98 Å². The molecule has 0 bridgehead atoms. The van der Waals surface area contributed by atoms with Crippen LogP contribution in [0.4, 0.5) is 0 Å². The number of hydrogen-bond donors (Lipinski definition) is 1. The third-order valence-electron chi connectivity index (χ3n) is 2.39. The van der Waals surface area contributed by atoms with E-state index in [-0.39, 0.29) is 6.04 Å². The van der Waals surface area contributed by atoms with Gasteiger partial charge in [-0.15, -0.1) is 0 Å². The van der Waals surface area contributed by atoms with Crippen molar-refractivity contribution >= 4 is 15.9 Å². The maximum Gasteiger partial charge on any atom is 0.0945 e. The van der Waals surface area contributed by atoms with E-state index in [1.54, 1.807) is 0 Å². The van der Waals surface area contributed by atoms with E-state index in [9.17, 15) is 0 Å². The minimum atomic E-state index is 0.276. The number of nitrogens with two attached hydrogens (primary N) is 1. The Bertz CT molecular complexity index is 236. The van der Waals surface area contributed by atoms with E-state index < -0.39 is 0 Å². The Hall–Kier alpha value is -0.350. The van der Waals surface area contributed by atoms with Crippen LogP contribution >= 0.6 is 15.9 Å². The molecule has 14 heavy (non-hydrogen) atoms. The molecular weight excluding hydrogens is 242 g/mol. The molecule has 4 heteroatoms. The Kier molecular flexibility index (Phi) is 5.19. The number of alkyl halides is 1. The second kappa shape index (κ2) is 6.19. The number of imidazole rings is 1. The molecule has 80 valence electrons. The molecule has 1 aromatic heterocycles. The number of nitrogens with zero attached hydrogens (tertiary/aromatic N) is 2. The summed E-state index contributed by atoms with van der Waals surface area (Å²) in [4.78, 5) is 4.44. The van der Waals surface area contributed by atoms with Crippen molar-refractivity contribution in [3.05, 3.63) is 18.7 Å². The van der Waals surface area contributed by atoms with Gasteiger partial charge in [0.1, 0.15) is 0 Å². The summed E-state index contributed by atoms with van der Waals surface area (Å²) in [6, 6.07) is 0.276. The second-order valence-electron chi connectivity index (χ2n) is 3.53. The molecule has 0 spiro atoms. The zero-order chi connectivity index (χ0) is 10.4. The zero-order valence-corrected chi connectivity index (χ0v) is 10.2. The molecule has 0 amide bonds. The van der Waals surface area contributed by atoms with Gasteiger partial charge in [-0.1, -0.05) is 22.9 Å². The number of aryl methyl sites for hydroxylation is 1. The lowest BCUT2D eigenvalue weighted by molar-refractivity contribution is 0.538.